The molecule has 0 aromatic carbocycles. The second kappa shape index (κ2) is 3.18. The first-order chi connectivity index (χ1) is 5.47. The van der Waals surface area contributed by atoms with Crippen LogP contribution in [0.3, 0.4) is 0 Å². The minimum absolute atomic E-state index is 0.0447. The van der Waals surface area contributed by atoms with Crippen molar-refractivity contribution in [3.8, 4) is 5.88 Å². The Kier molecular flexibility index (Phi) is 2.42. The minimum atomic E-state index is -4.72. The van der Waals surface area contributed by atoms with E-state index >= 15 is 0 Å². The van der Waals surface area contributed by atoms with Crippen LogP contribution in [0.25, 0.3) is 0 Å². The maximum absolute atomic E-state index is 11.6. The highest BCUT2D eigenvalue weighted by atomic mass is 35.5. The summed E-state index contributed by atoms with van der Waals surface area (Å²) in [6, 6.07) is 3.74. The fourth-order valence-electron chi connectivity index (χ4n) is 0.565. The van der Waals surface area contributed by atoms with E-state index in [-0.39, 0.29) is 5.15 Å². The van der Waals surface area contributed by atoms with Gasteiger partial charge in [0.2, 0.25) is 5.88 Å². The van der Waals surface area contributed by atoms with Gasteiger partial charge in [-0.2, -0.15) is 0 Å². The van der Waals surface area contributed by atoms with Crippen molar-refractivity contribution in [2.24, 2.45) is 0 Å². The highest BCUT2D eigenvalue weighted by molar-refractivity contribution is 6.29. The lowest BCUT2D eigenvalue weighted by molar-refractivity contribution is -0.276. The van der Waals surface area contributed by atoms with Crippen LogP contribution in [0.15, 0.2) is 18.2 Å². The van der Waals surface area contributed by atoms with E-state index in [9.17, 15) is 13.2 Å². The number of pyridine rings is 1. The summed E-state index contributed by atoms with van der Waals surface area (Å²) in [5.41, 5.74) is 0. The van der Waals surface area contributed by atoms with Crippen LogP contribution in [0.5, 0.6) is 5.88 Å². The van der Waals surface area contributed by atoms with Crippen molar-refractivity contribution in [1.29, 1.82) is 0 Å². The molecule has 0 spiro atoms. The predicted octanol–water partition coefficient (Wildman–Crippen LogP) is 2.63. The van der Waals surface area contributed by atoms with E-state index in [0.717, 1.165) is 6.07 Å². The molecule has 0 aliphatic rings. The van der Waals surface area contributed by atoms with Crippen LogP contribution in [0, 0.1) is 0 Å². The van der Waals surface area contributed by atoms with Gasteiger partial charge in [0.1, 0.15) is 5.15 Å². The number of nitrogens with zero attached hydrogens (tertiary/aromatic N) is 1. The summed E-state index contributed by atoms with van der Waals surface area (Å²) in [7, 11) is 0. The van der Waals surface area contributed by atoms with E-state index in [1.165, 1.54) is 12.1 Å². The largest absolute Gasteiger partial charge is 0.574 e. The first-order valence-electron chi connectivity index (χ1n) is 2.86. The lowest BCUT2D eigenvalue weighted by atomic mass is 10.5. The van der Waals surface area contributed by atoms with Gasteiger partial charge >= 0.3 is 6.36 Å². The quantitative estimate of drug-likeness (QED) is 0.646. The van der Waals surface area contributed by atoms with Gasteiger partial charge in [0.25, 0.3) is 0 Å². The van der Waals surface area contributed by atoms with Crippen LogP contribution in [0.1, 0.15) is 0 Å². The molecule has 0 radical (unpaired) electrons. The Morgan fingerprint density at radius 3 is 2.50 bits per heavy atom. The smallest absolute Gasteiger partial charge is 0.388 e. The summed E-state index contributed by atoms with van der Waals surface area (Å²) >= 11 is 5.32. The molecular formula is C6H3ClF3NO. The molecule has 1 aromatic rings. The molecule has 0 amide bonds. The maximum atomic E-state index is 11.6. The topological polar surface area (TPSA) is 22.1 Å². The molecule has 0 saturated carbocycles. The summed E-state index contributed by atoms with van der Waals surface area (Å²) in [4.78, 5) is 3.28. The van der Waals surface area contributed by atoms with Crippen molar-refractivity contribution in [3.63, 3.8) is 0 Å². The number of halogens is 4. The third-order valence-electron chi connectivity index (χ3n) is 0.910. The zero-order valence-electron chi connectivity index (χ0n) is 5.60. The van der Waals surface area contributed by atoms with Gasteiger partial charge in [0.05, 0.1) is 0 Å². The van der Waals surface area contributed by atoms with Gasteiger partial charge in [-0.05, 0) is 6.07 Å². The van der Waals surface area contributed by atoms with E-state index in [4.69, 9.17) is 11.6 Å². The Labute approximate surface area is 70.9 Å². The fourth-order valence-corrected chi connectivity index (χ4v) is 0.721. The van der Waals surface area contributed by atoms with E-state index < -0.39 is 12.2 Å². The highest BCUT2D eigenvalue weighted by Crippen LogP contribution is 2.21. The van der Waals surface area contributed by atoms with Crippen LogP contribution in [0.4, 0.5) is 13.2 Å². The SMILES string of the molecule is FC(F)(F)Oc1cccc(Cl)n1. The Hall–Kier alpha value is -0.970. The first-order valence-corrected chi connectivity index (χ1v) is 3.23. The van der Waals surface area contributed by atoms with Crippen molar-refractivity contribution >= 4 is 11.6 Å². The fraction of sp³-hybridized carbons (Fsp3) is 0.167. The molecule has 0 atom stereocenters. The number of hydrogen-bond acceptors (Lipinski definition) is 2. The number of alkyl halides is 3. The van der Waals surface area contributed by atoms with Crippen LogP contribution in [-0.2, 0) is 0 Å². The van der Waals surface area contributed by atoms with Crippen molar-refractivity contribution in [2.45, 2.75) is 6.36 Å². The van der Waals surface area contributed by atoms with Crippen LogP contribution in [-0.4, -0.2) is 11.3 Å². The number of ether oxygens (including phenoxy) is 1. The molecule has 1 rings (SSSR count). The minimum Gasteiger partial charge on any atom is -0.388 e. The Morgan fingerprint density at radius 1 is 1.33 bits per heavy atom. The van der Waals surface area contributed by atoms with Crippen molar-refractivity contribution < 1.29 is 17.9 Å². The molecule has 0 fully saturated rings. The summed E-state index contributed by atoms with van der Waals surface area (Å²) in [6.07, 6.45) is -4.72. The molecule has 0 N–H and O–H groups in total. The van der Waals surface area contributed by atoms with E-state index in [2.05, 4.69) is 9.72 Å². The van der Waals surface area contributed by atoms with Gasteiger partial charge in [0.15, 0.2) is 0 Å². The van der Waals surface area contributed by atoms with E-state index in [0.29, 0.717) is 0 Å². The number of rotatable bonds is 1. The molecule has 0 unspecified atom stereocenters. The monoisotopic (exact) mass is 197 g/mol. The van der Waals surface area contributed by atoms with Gasteiger partial charge in [0, 0.05) is 6.07 Å². The van der Waals surface area contributed by atoms with Crippen LogP contribution < -0.4 is 4.74 Å². The summed E-state index contributed by atoms with van der Waals surface area (Å²) < 4.78 is 38.2. The molecule has 1 heterocycles. The molecule has 0 aliphatic carbocycles. The lowest BCUT2D eigenvalue weighted by Gasteiger charge is -2.06. The second-order valence-corrected chi connectivity index (χ2v) is 2.23. The molecule has 1 aromatic heterocycles. The number of aromatic nitrogens is 1. The zero-order valence-corrected chi connectivity index (χ0v) is 6.36. The molecule has 66 valence electrons. The van der Waals surface area contributed by atoms with Crippen molar-refractivity contribution in [2.75, 3.05) is 0 Å². The van der Waals surface area contributed by atoms with Crippen molar-refractivity contribution in [1.82, 2.24) is 4.98 Å². The van der Waals surface area contributed by atoms with Gasteiger partial charge in [-0.1, -0.05) is 17.7 Å². The molecule has 0 saturated heterocycles. The molecule has 12 heavy (non-hydrogen) atoms. The molecular weight excluding hydrogens is 195 g/mol. The summed E-state index contributed by atoms with van der Waals surface area (Å²) in [5.74, 6) is -0.560. The molecule has 0 bridgehead atoms. The van der Waals surface area contributed by atoms with Gasteiger partial charge in [-0.3, -0.25) is 0 Å². The van der Waals surface area contributed by atoms with Crippen molar-refractivity contribution in [3.05, 3.63) is 23.4 Å². The predicted molar refractivity (Wildman–Crippen MR) is 35.9 cm³/mol. The highest BCUT2D eigenvalue weighted by Gasteiger charge is 2.31. The van der Waals surface area contributed by atoms with Crippen LogP contribution >= 0.6 is 11.6 Å². The normalized spacial score (nSPS) is 11.3. The Balaban J connectivity index is 2.77. The van der Waals surface area contributed by atoms with E-state index in [1.807, 2.05) is 0 Å². The Morgan fingerprint density at radius 2 is 2.00 bits per heavy atom. The maximum Gasteiger partial charge on any atom is 0.574 e. The summed E-state index contributed by atoms with van der Waals surface area (Å²) in [5, 5.41) is -0.0447. The van der Waals surface area contributed by atoms with Gasteiger partial charge < -0.3 is 4.74 Å². The lowest BCUT2D eigenvalue weighted by Crippen LogP contribution is -2.17. The average molecular weight is 198 g/mol. The molecule has 0 aliphatic heterocycles. The second-order valence-electron chi connectivity index (χ2n) is 1.85. The summed E-state index contributed by atoms with van der Waals surface area (Å²) in [6.45, 7) is 0. The molecule has 6 heteroatoms. The standard InChI is InChI=1S/C6H3ClF3NO/c7-4-2-1-3-5(11-4)12-6(8,9)10/h1-3H. The third-order valence-corrected chi connectivity index (χ3v) is 1.12. The zero-order chi connectivity index (χ0) is 9.19. The molecule has 2 nitrogen and oxygen atoms in total. The van der Waals surface area contributed by atoms with Crippen LogP contribution in [0.2, 0.25) is 5.15 Å². The average Bonchev–Trinajstić information content (AvgIpc) is 1.82. The Bertz CT molecular complexity index is 276. The van der Waals surface area contributed by atoms with E-state index in [1.54, 1.807) is 0 Å². The third kappa shape index (κ3) is 2.96. The van der Waals surface area contributed by atoms with Gasteiger partial charge in [-0.25, -0.2) is 4.98 Å². The number of hydrogen-bond donors (Lipinski definition) is 0. The van der Waals surface area contributed by atoms with Gasteiger partial charge in [-0.15, -0.1) is 13.2 Å². The first kappa shape index (κ1) is 9.12.